The van der Waals surface area contributed by atoms with Crippen molar-refractivity contribution in [2.24, 2.45) is 0 Å². The summed E-state index contributed by atoms with van der Waals surface area (Å²) >= 11 is 1.54. The van der Waals surface area contributed by atoms with Gasteiger partial charge in [-0.3, -0.25) is 14.9 Å². The normalized spacial score (nSPS) is 14.0. The summed E-state index contributed by atoms with van der Waals surface area (Å²) in [6.45, 7) is 0. The number of aryl methyl sites for hydroxylation is 2. The van der Waals surface area contributed by atoms with E-state index in [2.05, 4.69) is 5.32 Å². The second-order valence-electron chi connectivity index (χ2n) is 5.38. The zero-order valence-electron chi connectivity index (χ0n) is 12.0. The Bertz CT molecular complexity index is 700. The predicted octanol–water partition coefficient (Wildman–Crippen LogP) is 4.18. The number of amides is 1. The van der Waals surface area contributed by atoms with Crippen LogP contribution in [-0.4, -0.2) is 10.8 Å². The van der Waals surface area contributed by atoms with Crippen LogP contribution in [0.3, 0.4) is 0 Å². The first-order valence-corrected chi connectivity index (χ1v) is 8.12. The highest BCUT2D eigenvalue weighted by molar-refractivity contribution is 7.14. The highest BCUT2D eigenvalue weighted by Gasteiger charge is 2.17. The van der Waals surface area contributed by atoms with Crippen molar-refractivity contribution in [3.8, 4) is 0 Å². The minimum atomic E-state index is -0.469. The molecule has 5 nitrogen and oxygen atoms in total. The Morgan fingerprint density at radius 1 is 1.18 bits per heavy atom. The van der Waals surface area contributed by atoms with Crippen molar-refractivity contribution in [2.45, 2.75) is 32.1 Å². The number of rotatable bonds is 3. The molecule has 0 saturated heterocycles. The van der Waals surface area contributed by atoms with Gasteiger partial charge in [0.05, 0.1) is 9.80 Å². The number of fused-ring (bicyclic) bond motifs is 1. The Kier molecular flexibility index (Phi) is 4.20. The lowest BCUT2D eigenvalue weighted by Gasteiger charge is -2.03. The molecule has 1 aromatic heterocycles. The van der Waals surface area contributed by atoms with Crippen LogP contribution in [0.1, 0.15) is 39.4 Å². The molecule has 3 rings (SSSR count). The van der Waals surface area contributed by atoms with Crippen LogP contribution in [0.15, 0.2) is 30.3 Å². The van der Waals surface area contributed by atoms with Crippen molar-refractivity contribution in [1.82, 2.24) is 0 Å². The highest BCUT2D eigenvalue weighted by atomic mass is 32.1. The first-order chi connectivity index (χ1) is 10.6. The van der Waals surface area contributed by atoms with Crippen molar-refractivity contribution < 1.29 is 9.72 Å². The number of benzene rings is 1. The average Bonchev–Trinajstić information content (AvgIpc) is 2.79. The Balaban J connectivity index is 1.77. The van der Waals surface area contributed by atoms with Crippen LogP contribution in [0.4, 0.5) is 11.4 Å². The van der Waals surface area contributed by atoms with Crippen molar-refractivity contribution in [3.05, 3.63) is 55.8 Å². The average molecular weight is 316 g/mol. The molecule has 0 saturated carbocycles. The zero-order valence-corrected chi connectivity index (χ0v) is 12.8. The molecule has 1 heterocycles. The van der Waals surface area contributed by atoms with Gasteiger partial charge in [0.1, 0.15) is 0 Å². The number of non-ortho nitro benzene ring substituents is 1. The number of nitrogens with one attached hydrogen (secondary N) is 1. The lowest BCUT2D eigenvalue weighted by atomic mass is 10.1. The van der Waals surface area contributed by atoms with Gasteiger partial charge in [-0.1, -0.05) is 12.5 Å². The van der Waals surface area contributed by atoms with Gasteiger partial charge < -0.3 is 5.32 Å². The van der Waals surface area contributed by atoms with Crippen LogP contribution in [0.2, 0.25) is 0 Å². The molecular formula is C16H16N2O3S. The molecule has 1 aliphatic carbocycles. The summed E-state index contributed by atoms with van der Waals surface area (Å²) in [6.07, 6.45) is 5.69. The van der Waals surface area contributed by atoms with E-state index < -0.39 is 4.92 Å². The van der Waals surface area contributed by atoms with Gasteiger partial charge in [-0.05, 0) is 43.4 Å². The third-order valence-corrected chi connectivity index (χ3v) is 5.02. The van der Waals surface area contributed by atoms with E-state index in [1.54, 1.807) is 23.5 Å². The fraction of sp³-hybridized carbons (Fsp3) is 0.312. The first-order valence-electron chi connectivity index (χ1n) is 7.31. The molecular weight excluding hydrogens is 300 g/mol. The molecule has 22 heavy (non-hydrogen) atoms. The van der Waals surface area contributed by atoms with Crippen LogP contribution in [0, 0.1) is 10.1 Å². The van der Waals surface area contributed by atoms with E-state index in [-0.39, 0.29) is 11.6 Å². The molecule has 0 bridgehead atoms. The number of nitro groups is 1. The summed E-state index contributed by atoms with van der Waals surface area (Å²) in [4.78, 5) is 24.6. The highest BCUT2D eigenvalue weighted by Crippen LogP contribution is 2.29. The Labute approximate surface area is 132 Å². The minimum absolute atomic E-state index is 0.0280. The standard InChI is InChI=1S/C16H16N2O3S/c19-16(17-12-6-4-7-13(10-12)18(20)21)15-9-11-5-2-1-3-8-14(11)22-15/h4,6-7,9-10H,1-3,5,8H2,(H,17,19). The lowest BCUT2D eigenvalue weighted by molar-refractivity contribution is -0.384. The second-order valence-corrected chi connectivity index (χ2v) is 6.52. The van der Waals surface area contributed by atoms with Crippen molar-refractivity contribution >= 4 is 28.6 Å². The quantitative estimate of drug-likeness (QED) is 0.524. The summed E-state index contributed by atoms with van der Waals surface area (Å²) in [5.74, 6) is -0.196. The molecule has 1 aromatic carbocycles. The molecule has 2 aromatic rings. The maximum atomic E-state index is 12.3. The van der Waals surface area contributed by atoms with Crippen LogP contribution < -0.4 is 5.32 Å². The largest absolute Gasteiger partial charge is 0.321 e. The molecule has 1 amide bonds. The van der Waals surface area contributed by atoms with E-state index in [9.17, 15) is 14.9 Å². The number of anilines is 1. The van der Waals surface area contributed by atoms with E-state index in [0.717, 1.165) is 12.8 Å². The summed E-state index contributed by atoms with van der Waals surface area (Å²) in [6, 6.07) is 7.97. The van der Waals surface area contributed by atoms with E-state index in [1.165, 1.54) is 41.8 Å². The van der Waals surface area contributed by atoms with Crippen LogP contribution in [-0.2, 0) is 12.8 Å². The molecule has 6 heteroatoms. The minimum Gasteiger partial charge on any atom is -0.321 e. The molecule has 0 spiro atoms. The first kappa shape index (κ1) is 14.7. The number of carbonyl (C=O) groups excluding carboxylic acids is 1. The number of thiophene rings is 1. The van der Waals surface area contributed by atoms with Gasteiger partial charge in [0.15, 0.2) is 0 Å². The Morgan fingerprint density at radius 3 is 2.82 bits per heavy atom. The smallest absolute Gasteiger partial charge is 0.271 e. The van der Waals surface area contributed by atoms with Gasteiger partial charge >= 0.3 is 0 Å². The summed E-state index contributed by atoms with van der Waals surface area (Å²) in [5.41, 5.74) is 1.70. The van der Waals surface area contributed by atoms with Gasteiger partial charge in [0.2, 0.25) is 0 Å². The number of nitro benzene ring substituents is 1. The molecule has 0 aliphatic heterocycles. The molecule has 114 valence electrons. The molecule has 0 radical (unpaired) electrons. The Hall–Kier alpha value is -2.21. The van der Waals surface area contributed by atoms with Crippen LogP contribution in [0.5, 0.6) is 0 Å². The SMILES string of the molecule is O=C(Nc1cccc([N+](=O)[O-])c1)c1cc2c(s1)CCCCC2. The van der Waals surface area contributed by atoms with Gasteiger partial charge in [-0.15, -0.1) is 11.3 Å². The molecule has 0 unspecified atom stereocenters. The monoisotopic (exact) mass is 316 g/mol. The summed E-state index contributed by atoms with van der Waals surface area (Å²) in [7, 11) is 0. The van der Waals surface area contributed by atoms with Crippen molar-refractivity contribution in [3.63, 3.8) is 0 Å². The van der Waals surface area contributed by atoms with Crippen molar-refractivity contribution in [2.75, 3.05) is 5.32 Å². The van der Waals surface area contributed by atoms with Crippen LogP contribution in [0.25, 0.3) is 0 Å². The van der Waals surface area contributed by atoms with E-state index in [0.29, 0.717) is 10.6 Å². The van der Waals surface area contributed by atoms with Gasteiger partial charge in [-0.2, -0.15) is 0 Å². The van der Waals surface area contributed by atoms with Gasteiger partial charge in [0.25, 0.3) is 11.6 Å². The number of carbonyl (C=O) groups is 1. The third-order valence-electron chi connectivity index (χ3n) is 3.79. The molecule has 0 atom stereocenters. The molecule has 1 aliphatic rings. The zero-order chi connectivity index (χ0) is 15.5. The maximum absolute atomic E-state index is 12.3. The van der Waals surface area contributed by atoms with E-state index in [4.69, 9.17) is 0 Å². The van der Waals surface area contributed by atoms with E-state index >= 15 is 0 Å². The van der Waals surface area contributed by atoms with Crippen LogP contribution >= 0.6 is 11.3 Å². The third kappa shape index (κ3) is 3.17. The van der Waals surface area contributed by atoms with E-state index in [1.807, 2.05) is 6.07 Å². The topological polar surface area (TPSA) is 72.2 Å². The molecule has 1 N–H and O–H groups in total. The maximum Gasteiger partial charge on any atom is 0.271 e. The summed E-state index contributed by atoms with van der Waals surface area (Å²) < 4.78 is 0. The van der Waals surface area contributed by atoms with Gasteiger partial charge in [0, 0.05) is 22.7 Å². The lowest BCUT2D eigenvalue weighted by Crippen LogP contribution is -2.10. The number of hydrogen-bond acceptors (Lipinski definition) is 4. The van der Waals surface area contributed by atoms with Gasteiger partial charge in [-0.25, -0.2) is 0 Å². The number of nitrogens with zero attached hydrogens (tertiary/aromatic N) is 1. The summed E-state index contributed by atoms with van der Waals surface area (Å²) in [5, 5.41) is 13.5. The number of hydrogen-bond donors (Lipinski definition) is 1. The van der Waals surface area contributed by atoms with Crippen molar-refractivity contribution in [1.29, 1.82) is 0 Å². The predicted molar refractivity (Wildman–Crippen MR) is 86.6 cm³/mol. The Morgan fingerprint density at radius 2 is 2.00 bits per heavy atom. The second kappa shape index (κ2) is 6.27. The fourth-order valence-corrected chi connectivity index (χ4v) is 3.82. The molecule has 0 fully saturated rings. The fourth-order valence-electron chi connectivity index (χ4n) is 2.67.